The molecule has 3 N–H and O–H groups in total. The Labute approximate surface area is 144 Å². The Balaban J connectivity index is 1.62. The van der Waals surface area contributed by atoms with Gasteiger partial charge in [0.15, 0.2) is 0 Å². The largest absolute Gasteiger partial charge is 0.421 e. The van der Waals surface area contributed by atoms with Crippen LogP contribution in [0.4, 0.5) is 10.5 Å². The first-order chi connectivity index (χ1) is 12.2. The molecule has 0 saturated carbocycles. The second-order valence-electron chi connectivity index (χ2n) is 5.45. The van der Waals surface area contributed by atoms with Gasteiger partial charge in [-0.1, -0.05) is 30.3 Å². The van der Waals surface area contributed by atoms with Crippen LogP contribution in [0.25, 0.3) is 11.5 Å². The van der Waals surface area contributed by atoms with Crippen molar-refractivity contribution in [2.75, 3.05) is 11.9 Å². The number of aryl methyl sites for hydroxylation is 1. The highest BCUT2D eigenvalue weighted by Gasteiger charge is 2.13. The van der Waals surface area contributed by atoms with E-state index in [-0.39, 0.29) is 6.61 Å². The molecule has 7 heteroatoms. The fourth-order valence-electron chi connectivity index (χ4n) is 2.35. The van der Waals surface area contributed by atoms with Gasteiger partial charge >= 0.3 is 6.03 Å². The number of carbonyl (C=O) groups excluding carboxylic acids is 1. The summed E-state index contributed by atoms with van der Waals surface area (Å²) in [4.78, 5) is 12.1. The number of aromatic nitrogens is 2. The topological polar surface area (TPSA) is 100 Å². The first-order valence-electron chi connectivity index (χ1n) is 7.79. The molecule has 2 aromatic carbocycles. The van der Waals surface area contributed by atoms with E-state index in [0.29, 0.717) is 17.5 Å². The van der Waals surface area contributed by atoms with Gasteiger partial charge in [-0.2, -0.15) is 0 Å². The number of aliphatic hydroxyl groups is 1. The lowest BCUT2D eigenvalue weighted by Gasteiger charge is -2.17. The molecular weight excluding hydrogens is 320 g/mol. The molecule has 1 atom stereocenters. The average molecular weight is 338 g/mol. The molecule has 1 heterocycles. The smallest absolute Gasteiger partial charge is 0.319 e. The number of hydrogen-bond acceptors (Lipinski definition) is 5. The second kappa shape index (κ2) is 7.59. The number of urea groups is 1. The van der Waals surface area contributed by atoms with Crippen molar-refractivity contribution in [3.63, 3.8) is 0 Å². The summed E-state index contributed by atoms with van der Waals surface area (Å²) in [5.74, 6) is 0.922. The van der Waals surface area contributed by atoms with E-state index >= 15 is 0 Å². The zero-order chi connectivity index (χ0) is 17.6. The van der Waals surface area contributed by atoms with Gasteiger partial charge < -0.3 is 20.2 Å². The minimum atomic E-state index is -0.471. The van der Waals surface area contributed by atoms with Crippen LogP contribution in [0.2, 0.25) is 0 Å². The van der Waals surface area contributed by atoms with Gasteiger partial charge in [0, 0.05) is 18.2 Å². The summed E-state index contributed by atoms with van der Waals surface area (Å²) in [5, 5.41) is 22.7. The molecule has 128 valence electrons. The van der Waals surface area contributed by atoms with Gasteiger partial charge in [-0.05, 0) is 29.8 Å². The van der Waals surface area contributed by atoms with Crippen LogP contribution in [0.3, 0.4) is 0 Å². The Bertz CT molecular complexity index is 831. The molecule has 3 rings (SSSR count). The highest BCUT2D eigenvalue weighted by molar-refractivity contribution is 5.89. The molecule has 0 saturated heterocycles. The van der Waals surface area contributed by atoms with Crippen molar-refractivity contribution in [2.45, 2.75) is 13.0 Å². The molecule has 3 aromatic rings. The van der Waals surface area contributed by atoms with E-state index in [1.165, 1.54) is 0 Å². The zero-order valence-corrected chi connectivity index (χ0v) is 13.6. The van der Waals surface area contributed by atoms with Crippen molar-refractivity contribution >= 4 is 11.7 Å². The molecule has 0 bridgehead atoms. The lowest BCUT2D eigenvalue weighted by Crippen LogP contribution is -2.34. The van der Waals surface area contributed by atoms with Crippen LogP contribution in [0.15, 0.2) is 59.0 Å². The standard InChI is InChI=1S/C18H18N4O3/c1-12-21-22-17(25-12)14-7-9-15(10-8-14)19-18(24)20-16(11-23)13-5-3-2-4-6-13/h2-10,16,23H,11H2,1H3,(H2,19,20,24). The molecule has 0 aliphatic carbocycles. The normalized spacial score (nSPS) is 11.8. The average Bonchev–Trinajstić information content (AvgIpc) is 3.07. The summed E-state index contributed by atoms with van der Waals surface area (Å²) in [5.41, 5.74) is 2.22. The molecule has 0 aliphatic rings. The number of carbonyl (C=O) groups is 1. The van der Waals surface area contributed by atoms with Crippen molar-refractivity contribution in [1.29, 1.82) is 0 Å². The van der Waals surface area contributed by atoms with E-state index < -0.39 is 12.1 Å². The number of nitrogens with zero attached hydrogens (tertiary/aromatic N) is 2. The molecule has 0 spiro atoms. The van der Waals surface area contributed by atoms with Crippen molar-refractivity contribution in [3.8, 4) is 11.5 Å². The third kappa shape index (κ3) is 4.21. The lowest BCUT2D eigenvalue weighted by atomic mass is 10.1. The van der Waals surface area contributed by atoms with Crippen LogP contribution in [0, 0.1) is 6.92 Å². The SMILES string of the molecule is Cc1nnc(-c2ccc(NC(=O)NC(CO)c3ccccc3)cc2)o1. The molecule has 0 fully saturated rings. The fourth-order valence-corrected chi connectivity index (χ4v) is 2.35. The van der Waals surface area contributed by atoms with Gasteiger partial charge in [-0.15, -0.1) is 10.2 Å². The van der Waals surface area contributed by atoms with E-state index in [0.717, 1.165) is 11.1 Å². The molecule has 1 unspecified atom stereocenters. The van der Waals surface area contributed by atoms with E-state index in [2.05, 4.69) is 20.8 Å². The first-order valence-corrected chi connectivity index (χ1v) is 7.79. The summed E-state index contributed by atoms with van der Waals surface area (Å²) >= 11 is 0. The van der Waals surface area contributed by atoms with Crippen LogP contribution < -0.4 is 10.6 Å². The second-order valence-corrected chi connectivity index (χ2v) is 5.45. The van der Waals surface area contributed by atoms with Crippen LogP contribution in [-0.4, -0.2) is 27.9 Å². The monoisotopic (exact) mass is 338 g/mol. The van der Waals surface area contributed by atoms with Crippen LogP contribution >= 0.6 is 0 Å². The minimum Gasteiger partial charge on any atom is -0.421 e. The van der Waals surface area contributed by atoms with Crippen molar-refractivity contribution in [2.24, 2.45) is 0 Å². The van der Waals surface area contributed by atoms with Gasteiger partial charge in [0.05, 0.1) is 12.6 Å². The zero-order valence-electron chi connectivity index (χ0n) is 13.6. The summed E-state index contributed by atoms with van der Waals surface area (Å²) < 4.78 is 5.36. The van der Waals surface area contributed by atoms with Gasteiger partial charge in [0.2, 0.25) is 11.8 Å². The number of benzene rings is 2. The maximum Gasteiger partial charge on any atom is 0.319 e. The molecule has 2 amide bonds. The van der Waals surface area contributed by atoms with E-state index in [1.807, 2.05) is 30.3 Å². The molecule has 7 nitrogen and oxygen atoms in total. The quantitative estimate of drug-likeness (QED) is 0.664. The fraction of sp³-hybridized carbons (Fsp3) is 0.167. The molecule has 25 heavy (non-hydrogen) atoms. The Kier molecular flexibility index (Phi) is 5.06. The number of rotatable bonds is 5. The van der Waals surface area contributed by atoms with Gasteiger partial charge in [-0.3, -0.25) is 0 Å². The summed E-state index contributed by atoms with van der Waals surface area (Å²) in [7, 11) is 0. The van der Waals surface area contributed by atoms with Crippen LogP contribution in [0.5, 0.6) is 0 Å². The molecule has 0 aliphatic heterocycles. The maximum absolute atomic E-state index is 12.1. The first kappa shape index (κ1) is 16.7. The maximum atomic E-state index is 12.1. The summed E-state index contributed by atoms with van der Waals surface area (Å²) in [6.07, 6.45) is 0. The van der Waals surface area contributed by atoms with E-state index in [4.69, 9.17) is 4.42 Å². The third-order valence-corrected chi connectivity index (χ3v) is 3.61. The van der Waals surface area contributed by atoms with Gasteiger partial charge in [-0.25, -0.2) is 4.79 Å². The highest BCUT2D eigenvalue weighted by Crippen LogP contribution is 2.20. The van der Waals surface area contributed by atoms with E-state index in [1.54, 1.807) is 31.2 Å². The predicted octanol–water partition coefficient (Wildman–Crippen LogP) is 2.90. The number of amides is 2. The Morgan fingerprint density at radius 1 is 1.12 bits per heavy atom. The van der Waals surface area contributed by atoms with Crippen molar-refractivity contribution < 1.29 is 14.3 Å². The Morgan fingerprint density at radius 3 is 2.44 bits per heavy atom. The number of hydrogen-bond donors (Lipinski definition) is 3. The molecule has 0 radical (unpaired) electrons. The Hall–Kier alpha value is -3.19. The van der Waals surface area contributed by atoms with E-state index in [9.17, 15) is 9.90 Å². The number of nitrogens with one attached hydrogen (secondary N) is 2. The highest BCUT2D eigenvalue weighted by atomic mass is 16.4. The molecular formula is C18H18N4O3. The van der Waals surface area contributed by atoms with Crippen molar-refractivity contribution in [3.05, 3.63) is 66.1 Å². The predicted molar refractivity (Wildman–Crippen MR) is 92.9 cm³/mol. The van der Waals surface area contributed by atoms with Crippen molar-refractivity contribution in [1.82, 2.24) is 15.5 Å². The molecule has 1 aromatic heterocycles. The minimum absolute atomic E-state index is 0.188. The van der Waals surface area contributed by atoms with Crippen LogP contribution in [-0.2, 0) is 0 Å². The van der Waals surface area contributed by atoms with Gasteiger partial charge in [0.1, 0.15) is 0 Å². The number of aliphatic hydroxyl groups excluding tert-OH is 1. The third-order valence-electron chi connectivity index (χ3n) is 3.61. The van der Waals surface area contributed by atoms with Crippen LogP contribution in [0.1, 0.15) is 17.5 Å². The summed E-state index contributed by atoms with van der Waals surface area (Å²) in [6.45, 7) is 1.54. The van der Waals surface area contributed by atoms with Gasteiger partial charge in [0.25, 0.3) is 0 Å². The Morgan fingerprint density at radius 2 is 1.84 bits per heavy atom. The number of anilines is 1. The lowest BCUT2D eigenvalue weighted by molar-refractivity contribution is 0.225. The summed E-state index contributed by atoms with van der Waals surface area (Å²) in [6, 6.07) is 15.5.